The van der Waals surface area contributed by atoms with Gasteiger partial charge >= 0.3 is 0 Å². The van der Waals surface area contributed by atoms with Crippen molar-refractivity contribution in [3.05, 3.63) is 63.9 Å². The largest absolute Gasteiger partial charge is 0.497 e. The van der Waals surface area contributed by atoms with E-state index in [1.165, 1.54) is 19.2 Å². The number of methoxy groups -OCH3 is 1. The van der Waals surface area contributed by atoms with Crippen molar-refractivity contribution in [1.29, 1.82) is 0 Å². The molecule has 0 saturated carbocycles. The molecule has 0 spiro atoms. The molecule has 0 saturated heterocycles. The van der Waals surface area contributed by atoms with Gasteiger partial charge in [0.15, 0.2) is 0 Å². The van der Waals surface area contributed by atoms with Crippen molar-refractivity contribution in [1.82, 2.24) is 0 Å². The smallest absolute Gasteiger partial charge is 0.133 e. The molecule has 2 aromatic rings. The summed E-state index contributed by atoms with van der Waals surface area (Å²) in [5.41, 5.74) is 0.875. The standard InChI is InChI=1S/C14H12BrFO2/c1-18-11-6-7-12(13(16)8-11)14(17)9-2-4-10(15)5-3-9/h2-8,14,17H,1H3. The van der Waals surface area contributed by atoms with Gasteiger partial charge in [-0.2, -0.15) is 0 Å². The normalized spacial score (nSPS) is 12.2. The van der Waals surface area contributed by atoms with Crippen molar-refractivity contribution >= 4 is 15.9 Å². The molecule has 0 bridgehead atoms. The lowest BCUT2D eigenvalue weighted by Gasteiger charge is -2.13. The monoisotopic (exact) mass is 310 g/mol. The molecule has 4 heteroatoms. The van der Waals surface area contributed by atoms with Crippen molar-refractivity contribution in [3.8, 4) is 5.75 Å². The van der Waals surface area contributed by atoms with Gasteiger partial charge in [-0.25, -0.2) is 4.39 Å². The first kappa shape index (κ1) is 13.1. The van der Waals surface area contributed by atoms with E-state index in [0.717, 1.165) is 4.47 Å². The van der Waals surface area contributed by atoms with E-state index in [9.17, 15) is 9.50 Å². The third kappa shape index (κ3) is 2.71. The molecule has 0 radical (unpaired) electrons. The minimum Gasteiger partial charge on any atom is -0.497 e. The van der Waals surface area contributed by atoms with E-state index in [1.54, 1.807) is 30.3 Å². The molecular formula is C14H12BrFO2. The molecule has 1 atom stereocenters. The number of hydrogen-bond donors (Lipinski definition) is 1. The molecule has 2 aromatic carbocycles. The minimum atomic E-state index is -0.982. The van der Waals surface area contributed by atoms with Crippen LogP contribution in [0.2, 0.25) is 0 Å². The second kappa shape index (κ2) is 5.50. The highest BCUT2D eigenvalue weighted by atomic mass is 79.9. The number of halogens is 2. The van der Waals surface area contributed by atoms with Crippen LogP contribution in [-0.4, -0.2) is 12.2 Å². The molecule has 1 unspecified atom stereocenters. The number of benzene rings is 2. The van der Waals surface area contributed by atoms with Gasteiger partial charge in [0.1, 0.15) is 17.7 Å². The fraction of sp³-hybridized carbons (Fsp3) is 0.143. The Kier molecular flexibility index (Phi) is 3.99. The van der Waals surface area contributed by atoms with Gasteiger partial charge in [0.25, 0.3) is 0 Å². The third-order valence-electron chi connectivity index (χ3n) is 2.69. The zero-order valence-corrected chi connectivity index (χ0v) is 11.3. The van der Waals surface area contributed by atoms with Crippen LogP contribution in [0.1, 0.15) is 17.2 Å². The number of aliphatic hydroxyl groups excluding tert-OH is 1. The van der Waals surface area contributed by atoms with Crippen molar-refractivity contribution in [2.45, 2.75) is 6.10 Å². The molecule has 0 heterocycles. The summed E-state index contributed by atoms with van der Waals surface area (Å²) in [7, 11) is 1.47. The average molecular weight is 311 g/mol. The fourth-order valence-electron chi connectivity index (χ4n) is 1.68. The molecular weight excluding hydrogens is 299 g/mol. The van der Waals surface area contributed by atoms with Gasteiger partial charge < -0.3 is 9.84 Å². The number of aliphatic hydroxyl groups is 1. The van der Waals surface area contributed by atoms with Gasteiger partial charge in [0, 0.05) is 16.1 Å². The molecule has 1 N–H and O–H groups in total. The quantitative estimate of drug-likeness (QED) is 0.937. The Labute approximate surface area is 113 Å². The van der Waals surface area contributed by atoms with E-state index in [4.69, 9.17) is 4.74 Å². The lowest BCUT2D eigenvalue weighted by molar-refractivity contribution is 0.214. The van der Waals surface area contributed by atoms with Crippen LogP contribution in [-0.2, 0) is 0 Å². The van der Waals surface area contributed by atoms with E-state index in [1.807, 2.05) is 0 Å². The summed E-state index contributed by atoms with van der Waals surface area (Å²) in [5.74, 6) is -0.0518. The molecule has 0 amide bonds. The Balaban J connectivity index is 2.33. The Morgan fingerprint density at radius 1 is 1.17 bits per heavy atom. The highest BCUT2D eigenvalue weighted by Crippen LogP contribution is 2.27. The maximum atomic E-state index is 13.8. The summed E-state index contributed by atoms with van der Waals surface area (Å²) in [4.78, 5) is 0. The van der Waals surface area contributed by atoms with Crippen LogP contribution in [0.15, 0.2) is 46.9 Å². The van der Waals surface area contributed by atoms with Crippen molar-refractivity contribution in [2.24, 2.45) is 0 Å². The summed E-state index contributed by atoms with van der Waals surface area (Å²) in [6.07, 6.45) is -0.982. The Morgan fingerprint density at radius 2 is 1.83 bits per heavy atom. The second-order valence-corrected chi connectivity index (χ2v) is 4.76. The topological polar surface area (TPSA) is 29.5 Å². The van der Waals surface area contributed by atoms with Gasteiger partial charge in [0.2, 0.25) is 0 Å². The highest BCUT2D eigenvalue weighted by molar-refractivity contribution is 9.10. The second-order valence-electron chi connectivity index (χ2n) is 3.84. The maximum Gasteiger partial charge on any atom is 0.133 e. The molecule has 18 heavy (non-hydrogen) atoms. The summed E-state index contributed by atoms with van der Waals surface area (Å²) >= 11 is 3.31. The molecule has 2 nitrogen and oxygen atoms in total. The predicted octanol–water partition coefficient (Wildman–Crippen LogP) is 3.68. The van der Waals surface area contributed by atoms with E-state index in [2.05, 4.69) is 15.9 Å². The Hall–Kier alpha value is -1.39. The van der Waals surface area contributed by atoms with Crippen LogP contribution in [0.3, 0.4) is 0 Å². The summed E-state index contributed by atoms with van der Waals surface area (Å²) in [6.45, 7) is 0. The summed E-state index contributed by atoms with van der Waals surface area (Å²) in [6, 6.07) is 11.5. The van der Waals surface area contributed by atoms with Gasteiger partial charge in [-0.15, -0.1) is 0 Å². The highest BCUT2D eigenvalue weighted by Gasteiger charge is 2.15. The van der Waals surface area contributed by atoms with E-state index in [-0.39, 0.29) is 5.56 Å². The van der Waals surface area contributed by atoms with Crippen LogP contribution in [0.5, 0.6) is 5.75 Å². The van der Waals surface area contributed by atoms with Crippen LogP contribution < -0.4 is 4.74 Å². The molecule has 2 rings (SSSR count). The molecule has 0 fully saturated rings. The van der Waals surface area contributed by atoms with Crippen molar-refractivity contribution in [3.63, 3.8) is 0 Å². The first-order valence-corrected chi connectivity index (χ1v) is 6.18. The molecule has 0 aliphatic heterocycles. The fourth-order valence-corrected chi connectivity index (χ4v) is 1.95. The van der Waals surface area contributed by atoms with E-state index >= 15 is 0 Å². The van der Waals surface area contributed by atoms with Crippen molar-refractivity contribution < 1.29 is 14.2 Å². The minimum absolute atomic E-state index is 0.234. The van der Waals surface area contributed by atoms with Crippen LogP contribution in [0, 0.1) is 5.82 Å². The number of hydrogen-bond acceptors (Lipinski definition) is 2. The Morgan fingerprint density at radius 3 is 2.39 bits per heavy atom. The molecule has 0 aliphatic carbocycles. The zero-order chi connectivity index (χ0) is 13.1. The zero-order valence-electron chi connectivity index (χ0n) is 9.73. The predicted molar refractivity (Wildman–Crippen MR) is 71.2 cm³/mol. The lowest BCUT2D eigenvalue weighted by atomic mass is 10.0. The van der Waals surface area contributed by atoms with Gasteiger partial charge in [-0.3, -0.25) is 0 Å². The average Bonchev–Trinajstić information content (AvgIpc) is 2.38. The first-order chi connectivity index (χ1) is 8.61. The first-order valence-electron chi connectivity index (χ1n) is 5.39. The molecule has 0 aromatic heterocycles. The summed E-state index contributed by atoms with van der Waals surface area (Å²) < 4.78 is 19.6. The van der Waals surface area contributed by atoms with Crippen molar-refractivity contribution in [2.75, 3.05) is 7.11 Å². The van der Waals surface area contributed by atoms with Gasteiger partial charge in [0.05, 0.1) is 7.11 Å². The number of ether oxygens (including phenoxy) is 1. The Bertz CT molecular complexity index is 540. The summed E-state index contributed by atoms with van der Waals surface area (Å²) in [5, 5.41) is 10.1. The van der Waals surface area contributed by atoms with E-state index in [0.29, 0.717) is 11.3 Å². The lowest BCUT2D eigenvalue weighted by Crippen LogP contribution is -2.02. The third-order valence-corrected chi connectivity index (χ3v) is 3.22. The van der Waals surface area contributed by atoms with Crippen LogP contribution in [0.25, 0.3) is 0 Å². The maximum absolute atomic E-state index is 13.8. The number of rotatable bonds is 3. The van der Waals surface area contributed by atoms with E-state index < -0.39 is 11.9 Å². The van der Waals surface area contributed by atoms with Crippen LogP contribution in [0.4, 0.5) is 4.39 Å². The SMILES string of the molecule is COc1ccc(C(O)c2ccc(Br)cc2)c(F)c1. The molecule has 0 aliphatic rings. The molecule has 94 valence electrons. The van der Waals surface area contributed by atoms with Gasteiger partial charge in [-0.1, -0.05) is 28.1 Å². The van der Waals surface area contributed by atoms with Gasteiger partial charge in [-0.05, 0) is 29.8 Å². The van der Waals surface area contributed by atoms with Crippen LogP contribution >= 0.6 is 15.9 Å².